The zero-order chi connectivity index (χ0) is 19.4. The minimum absolute atomic E-state index is 0.0777. The van der Waals surface area contributed by atoms with Crippen molar-refractivity contribution in [1.82, 2.24) is 0 Å². The Bertz CT molecular complexity index is 310. The Kier molecular flexibility index (Phi) is 12.9. The Morgan fingerprint density at radius 3 is 1.96 bits per heavy atom. The lowest BCUT2D eigenvalue weighted by molar-refractivity contribution is 0.0889. The van der Waals surface area contributed by atoms with Gasteiger partial charge in [0, 0.05) is 13.2 Å². The van der Waals surface area contributed by atoms with E-state index in [1.54, 1.807) is 0 Å². The van der Waals surface area contributed by atoms with Gasteiger partial charge in [-0.15, -0.1) is 0 Å². The van der Waals surface area contributed by atoms with Crippen LogP contribution in [0.4, 0.5) is 0 Å². The Hall–Kier alpha value is 0.411. The van der Waals surface area contributed by atoms with Gasteiger partial charge in [0.2, 0.25) is 0 Å². The van der Waals surface area contributed by atoms with E-state index in [4.69, 9.17) is 27.2 Å². The zero-order valence-electron chi connectivity index (χ0n) is 17.4. The molecule has 0 aliphatic carbocycles. The van der Waals surface area contributed by atoms with Crippen LogP contribution in [0.25, 0.3) is 0 Å². The van der Waals surface area contributed by atoms with Gasteiger partial charge in [-0.1, -0.05) is 6.92 Å². The van der Waals surface area contributed by atoms with E-state index in [1.165, 1.54) is 0 Å². The predicted molar refractivity (Wildman–Crippen MR) is 109 cm³/mol. The van der Waals surface area contributed by atoms with Gasteiger partial charge in [-0.2, -0.15) is 0 Å². The molecule has 0 aromatic rings. The van der Waals surface area contributed by atoms with E-state index >= 15 is 0 Å². The average molecular weight is 413 g/mol. The van der Waals surface area contributed by atoms with Gasteiger partial charge in [0.15, 0.2) is 8.32 Å². The second kappa shape index (κ2) is 12.7. The minimum Gasteiger partial charge on any atom is -0.436 e. The summed E-state index contributed by atoms with van der Waals surface area (Å²) >= 11 is 0. The summed E-state index contributed by atoms with van der Waals surface area (Å²) in [6, 6.07) is 1.02. The van der Waals surface area contributed by atoms with Gasteiger partial charge in [-0.25, -0.2) is 0 Å². The number of rotatable bonds is 16. The van der Waals surface area contributed by atoms with Crippen LogP contribution in [0.5, 0.6) is 0 Å². The molecule has 1 N–H and O–H groups in total. The molecule has 0 heterocycles. The van der Waals surface area contributed by atoms with Crippen LogP contribution in [-0.4, -0.2) is 70.2 Å². The Labute approximate surface area is 157 Å². The third-order valence-corrected chi connectivity index (χ3v) is 13.9. The van der Waals surface area contributed by atoms with Gasteiger partial charge in [-0.3, -0.25) is 0 Å². The summed E-state index contributed by atoms with van der Waals surface area (Å²) < 4.78 is 29.6. The SMILES string of the molecule is CCCOCCO[Si](C)(C)O[Si](C)(C)O[Si](C)(C)CCCOCCO. The highest BCUT2D eigenvalue weighted by Gasteiger charge is 2.40. The van der Waals surface area contributed by atoms with E-state index in [0.717, 1.165) is 25.5 Å². The smallest absolute Gasteiger partial charge is 0.323 e. The van der Waals surface area contributed by atoms with Crippen molar-refractivity contribution in [2.24, 2.45) is 0 Å². The van der Waals surface area contributed by atoms with Crippen LogP contribution in [0.2, 0.25) is 45.3 Å². The molecular formula is C16H40O6Si3. The largest absolute Gasteiger partial charge is 0.436 e. The lowest BCUT2D eigenvalue weighted by Crippen LogP contribution is -2.53. The number of ether oxygens (including phenoxy) is 2. The average Bonchev–Trinajstić information content (AvgIpc) is 2.44. The molecule has 0 unspecified atom stereocenters. The van der Waals surface area contributed by atoms with Gasteiger partial charge in [0.25, 0.3) is 0 Å². The van der Waals surface area contributed by atoms with Crippen LogP contribution in [0.3, 0.4) is 0 Å². The van der Waals surface area contributed by atoms with Crippen molar-refractivity contribution in [2.45, 2.75) is 65.1 Å². The van der Waals surface area contributed by atoms with Crippen LogP contribution in [-0.2, 0) is 22.1 Å². The van der Waals surface area contributed by atoms with Crippen molar-refractivity contribution in [2.75, 3.05) is 39.6 Å². The summed E-state index contributed by atoms with van der Waals surface area (Å²) in [6.07, 6.45) is 1.98. The van der Waals surface area contributed by atoms with Gasteiger partial charge in [0.05, 0.1) is 26.4 Å². The third-order valence-electron chi connectivity index (χ3n) is 3.34. The fourth-order valence-corrected chi connectivity index (χ4v) is 15.5. The maximum absolute atomic E-state index is 8.72. The third kappa shape index (κ3) is 15.2. The molecule has 9 heteroatoms. The van der Waals surface area contributed by atoms with Crippen molar-refractivity contribution in [3.8, 4) is 0 Å². The van der Waals surface area contributed by atoms with Gasteiger partial charge < -0.3 is 27.2 Å². The molecule has 0 aromatic carbocycles. The zero-order valence-corrected chi connectivity index (χ0v) is 20.4. The molecule has 25 heavy (non-hydrogen) atoms. The van der Waals surface area contributed by atoms with Crippen molar-refractivity contribution in [3.05, 3.63) is 0 Å². The molecule has 0 aliphatic rings. The molecule has 0 bridgehead atoms. The Morgan fingerprint density at radius 2 is 1.36 bits per heavy atom. The molecule has 0 radical (unpaired) electrons. The summed E-state index contributed by atoms with van der Waals surface area (Å²) in [7, 11) is -6.28. The van der Waals surface area contributed by atoms with Gasteiger partial charge in [-0.05, 0) is 58.2 Å². The lowest BCUT2D eigenvalue weighted by Gasteiger charge is -2.38. The van der Waals surface area contributed by atoms with E-state index in [1.807, 2.05) is 0 Å². The topological polar surface area (TPSA) is 66.4 Å². The first-order valence-electron chi connectivity index (χ1n) is 9.34. The number of hydrogen-bond donors (Lipinski definition) is 1. The fourth-order valence-electron chi connectivity index (χ4n) is 2.72. The lowest BCUT2D eigenvalue weighted by atomic mass is 10.5. The summed E-state index contributed by atoms with van der Waals surface area (Å²) in [5.41, 5.74) is 0. The van der Waals surface area contributed by atoms with Crippen molar-refractivity contribution >= 4 is 25.4 Å². The van der Waals surface area contributed by atoms with Crippen LogP contribution < -0.4 is 0 Å². The molecule has 0 fully saturated rings. The van der Waals surface area contributed by atoms with Crippen molar-refractivity contribution in [3.63, 3.8) is 0 Å². The predicted octanol–water partition coefficient (Wildman–Crippen LogP) is 3.47. The van der Waals surface area contributed by atoms with Crippen LogP contribution in [0.15, 0.2) is 0 Å². The van der Waals surface area contributed by atoms with Gasteiger partial charge in [0.1, 0.15) is 0 Å². The standard InChI is InChI=1S/C16H40O6Si3/c1-8-11-18-14-15-20-24(4,5)22-25(6,7)21-23(2,3)16-9-12-19-13-10-17/h17H,8-16H2,1-7H3. The van der Waals surface area contributed by atoms with Crippen LogP contribution in [0, 0.1) is 0 Å². The first-order chi connectivity index (χ1) is 11.5. The molecule has 0 aromatic heterocycles. The highest BCUT2D eigenvalue weighted by Crippen LogP contribution is 2.24. The molecule has 152 valence electrons. The second-order valence-corrected chi connectivity index (χ2v) is 19.2. The number of hydrogen-bond acceptors (Lipinski definition) is 6. The van der Waals surface area contributed by atoms with E-state index in [2.05, 4.69) is 46.2 Å². The monoisotopic (exact) mass is 412 g/mol. The maximum atomic E-state index is 8.72. The highest BCUT2D eigenvalue weighted by atomic mass is 28.5. The number of aliphatic hydroxyl groups excluding tert-OH is 1. The Balaban J connectivity index is 4.24. The summed E-state index contributed by atoms with van der Waals surface area (Å²) in [5.74, 6) is 0. The first-order valence-corrected chi connectivity index (χ1v) is 18.1. The molecule has 0 rings (SSSR count). The van der Waals surface area contributed by atoms with Crippen molar-refractivity contribution in [1.29, 1.82) is 0 Å². The first kappa shape index (κ1) is 25.4. The maximum Gasteiger partial charge on any atom is 0.323 e. The minimum atomic E-state index is -2.25. The second-order valence-electron chi connectivity index (χ2n) is 7.66. The summed E-state index contributed by atoms with van der Waals surface area (Å²) in [6.45, 7) is 18.0. The molecule has 0 spiro atoms. The van der Waals surface area contributed by atoms with Gasteiger partial charge >= 0.3 is 17.1 Å². The molecule has 0 saturated carbocycles. The number of aliphatic hydroxyl groups is 1. The molecule has 0 aliphatic heterocycles. The molecular weight excluding hydrogens is 372 g/mol. The fraction of sp³-hybridized carbons (Fsp3) is 1.00. The van der Waals surface area contributed by atoms with E-state index < -0.39 is 25.4 Å². The van der Waals surface area contributed by atoms with E-state index in [9.17, 15) is 0 Å². The molecule has 0 saturated heterocycles. The molecule has 0 atom stereocenters. The summed E-state index contributed by atoms with van der Waals surface area (Å²) in [5, 5.41) is 8.72. The van der Waals surface area contributed by atoms with Crippen LogP contribution >= 0.6 is 0 Å². The summed E-state index contributed by atoms with van der Waals surface area (Å²) in [4.78, 5) is 0. The highest BCUT2D eigenvalue weighted by molar-refractivity contribution is 6.86. The normalized spacial score (nSPS) is 13.4. The van der Waals surface area contributed by atoms with E-state index in [-0.39, 0.29) is 6.61 Å². The van der Waals surface area contributed by atoms with Crippen molar-refractivity contribution < 1.29 is 27.2 Å². The van der Waals surface area contributed by atoms with Crippen LogP contribution in [0.1, 0.15) is 19.8 Å². The Morgan fingerprint density at radius 1 is 0.720 bits per heavy atom. The molecule has 6 nitrogen and oxygen atoms in total. The van der Waals surface area contributed by atoms with E-state index in [0.29, 0.717) is 26.4 Å². The molecule has 0 amide bonds. The quantitative estimate of drug-likeness (QED) is 0.309.